The summed E-state index contributed by atoms with van der Waals surface area (Å²) in [5.74, 6) is -0.169. The number of hydrogen-bond donors (Lipinski definition) is 2. The van der Waals surface area contributed by atoms with Gasteiger partial charge in [-0.1, -0.05) is 12.1 Å². The predicted octanol–water partition coefficient (Wildman–Crippen LogP) is 3.05. The minimum atomic E-state index is -0.743. The van der Waals surface area contributed by atoms with E-state index >= 15 is 0 Å². The van der Waals surface area contributed by atoms with Crippen molar-refractivity contribution in [3.63, 3.8) is 0 Å². The number of anilines is 1. The molecule has 0 bridgehead atoms. The number of carbonyl (C=O) groups excluding carboxylic acids is 3. The van der Waals surface area contributed by atoms with Gasteiger partial charge in [0, 0.05) is 25.2 Å². The molecule has 27 heavy (non-hydrogen) atoms. The van der Waals surface area contributed by atoms with E-state index < -0.39 is 17.7 Å². The molecule has 0 aliphatic carbocycles. The number of rotatable bonds is 5. The fourth-order valence-electron chi connectivity index (χ4n) is 2.80. The highest BCUT2D eigenvalue weighted by Crippen LogP contribution is 2.17. The first-order chi connectivity index (χ1) is 12.6. The van der Waals surface area contributed by atoms with E-state index in [0.29, 0.717) is 18.7 Å². The molecule has 1 aromatic carbocycles. The standard InChI is InChI=1S/C20H29N3O4/c1-14(21-19(26)27-20(2,3)4)18(25)22-16-9-7-8-15(12-16)13-23-11-6-5-10-17(23)24/h7-9,12,14H,5-6,10-11,13H2,1-4H3,(H,21,26)(H,22,25). The molecule has 1 heterocycles. The van der Waals surface area contributed by atoms with E-state index in [1.54, 1.807) is 33.8 Å². The van der Waals surface area contributed by atoms with Gasteiger partial charge in [-0.05, 0) is 58.2 Å². The average Bonchev–Trinajstić information content (AvgIpc) is 2.55. The Bertz CT molecular complexity index is 697. The highest BCUT2D eigenvalue weighted by atomic mass is 16.6. The van der Waals surface area contributed by atoms with E-state index in [0.717, 1.165) is 24.9 Å². The second-order valence-corrected chi connectivity index (χ2v) is 7.83. The number of piperidine rings is 1. The first kappa shape index (κ1) is 20.7. The Balaban J connectivity index is 1.91. The quantitative estimate of drug-likeness (QED) is 0.828. The summed E-state index contributed by atoms with van der Waals surface area (Å²) in [7, 11) is 0. The van der Waals surface area contributed by atoms with Gasteiger partial charge >= 0.3 is 6.09 Å². The Morgan fingerprint density at radius 3 is 2.67 bits per heavy atom. The van der Waals surface area contributed by atoms with Crippen LogP contribution in [0.15, 0.2) is 24.3 Å². The number of carbonyl (C=O) groups is 3. The molecule has 1 aromatic rings. The van der Waals surface area contributed by atoms with Crippen LogP contribution in [0.2, 0.25) is 0 Å². The van der Waals surface area contributed by atoms with Crippen LogP contribution in [0.3, 0.4) is 0 Å². The van der Waals surface area contributed by atoms with Gasteiger partial charge < -0.3 is 20.3 Å². The molecule has 1 aliphatic rings. The van der Waals surface area contributed by atoms with Crippen molar-refractivity contribution < 1.29 is 19.1 Å². The van der Waals surface area contributed by atoms with E-state index in [-0.39, 0.29) is 11.8 Å². The number of nitrogens with zero attached hydrogens (tertiary/aromatic N) is 1. The average molecular weight is 375 g/mol. The zero-order valence-electron chi connectivity index (χ0n) is 16.5. The van der Waals surface area contributed by atoms with Gasteiger partial charge in [0.15, 0.2) is 0 Å². The van der Waals surface area contributed by atoms with Gasteiger partial charge in [-0.3, -0.25) is 9.59 Å². The van der Waals surface area contributed by atoms with Crippen LogP contribution in [-0.4, -0.2) is 41.0 Å². The Morgan fingerprint density at radius 1 is 1.26 bits per heavy atom. The summed E-state index contributed by atoms with van der Waals surface area (Å²) in [6.45, 7) is 8.18. The Kier molecular flexibility index (Phi) is 6.82. The SMILES string of the molecule is CC(NC(=O)OC(C)(C)C)C(=O)Nc1cccc(CN2CCCCC2=O)c1. The summed E-state index contributed by atoms with van der Waals surface area (Å²) in [5, 5.41) is 5.30. The normalized spacial score (nSPS) is 15.9. The number of nitrogens with one attached hydrogen (secondary N) is 2. The second kappa shape index (κ2) is 8.88. The maximum absolute atomic E-state index is 12.3. The molecule has 0 spiro atoms. The summed E-state index contributed by atoms with van der Waals surface area (Å²) in [5.41, 5.74) is 0.955. The zero-order chi connectivity index (χ0) is 20.0. The maximum atomic E-state index is 12.3. The number of alkyl carbamates (subject to hydrolysis) is 1. The fraction of sp³-hybridized carbons (Fsp3) is 0.550. The molecule has 1 atom stereocenters. The van der Waals surface area contributed by atoms with Crippen LogP contribution in [0.4, 0.5) is 10.5 Å². The van der Waals surface area contributed by atoms with Gasteiger partial charge in [0.2, 0.25) is 11.8 Å². The second-order valence-electron chi connectivity index (χ2n) is 7.83. The minimum absolute atomic E-state index is 0.172. The van der Waals surface area contributed by atoms with Crippen LogP contribution in [0, 0.1) is 0 Å². The first-order valence-corrected chi connectivity index (χ1v) is 9.31. The van der Waals surface area contributed by atoms with Crippen molar-refractivity contribution in [3.05, 3.63) is 29.8 Å². The molecule has 2 rings (SSSR count). The minimum Gasteiger partial charge on any atom is -0.444 e. The summed E-state index contributed by atoms with van der Waals surface area (Å²) in [6, 6.07) is 6.65. The maximum Gasteiger partial charge on any atom is 0.408 e. The van der Waals surface area contributed by atoms with Crippen molar-refractivity contribution in [2.24, 2.45) is 0 Å². The molecular formula is C20H29N3O4. The van der Waals surface area contributed by atoms with Crippen molar-refractivity contribution in [1.29, 1.82) is 0 Å². The summed E-state index contributed by atoms with van der Waals surface area (Å²) in [4.78, 5) is 37.9. The predicted molar refractivity (Wildman–Crippen MR) is 103 cm³/mol. The third-order valence-corrected chi connectivity index (χ3v) is 4.12. The van der Waals surface area contributed by atoms with Crippen LogP contribution in [0.25, 0.3) is 0 Å². The van der Waals surface area contributed by atoms with Crippen LogP contribution < -0.4 is 10.6 Å². The molecule has 1 unspecified atom stereocenters. The molecule has 1 fully saturated rings. The van der Waals surface area contributed by atoms with E-state index in [1.165, 1.54) is 0 Å². The smallest absolute Gasteiger partial charge is 0.408 e. The fourth-order valence-corrected chi connectivity index (χ4v) is 2.80. The van der Waals surface area contributed by atoms with Crippen LogP contribution >= 0.6 is 0 Å². The van der Waals surface area contributed by atoms with Gasteiger partial charge in [0.1, 0.15) is 11.6 Å². The van der Waals surface area contributed by atoms with Crippen molar-refractivity contribution in [1.82, 2.24) is 10.2 Å². The van der Waals surface area contributed by atoms with Crippen LogP contribution in [-0.2, 0) is 20.9 Å². The highest BCUT2D eigenvalue weighted by molar-refractivity contribution is 5.96. The van der Waals surface area contributed by atoms with Gasteiger partial charge in [-0.2, -0.15) is 0 Å². The number of hydrogen-bond acceptors (Lipinski definition) is 4. The van der Waals surface area contributed by atoms with Crippen molar-refractivity contribution in [3.8, 4) is 0 Å². The number of likely N-dealkylation sites (tertiary alicyclic amines) is 1. The Morgan fingerprint density at radius 2 is 2.00 bits per heavy atom. The monoisotopic (exact) mass is 375 g/mol. The summed E-state index contributed by atoms with van der Waals surface area (Å²) >= 11 is 0. The number of ether oxygens (including phenoxy) is 1. The third-order valence-electron chi connectivity index (χ3n) is 4.12. The molecule has 3 amide bonds. The molecule has 0 aromatic heterocycles. The van der Waals surface area contributed by atoms with Gasteiger partial charge in [0.05, 0.1) is 0 Å². The molecule has 1 aliphatic heterocycles. The van der Waals surface area contributed by atoms with Crippen molar-refractivity contribution in [2.45, 2.75) is 65.1 Å². The zero-order valence-corrected chi connectivity index (χ0v) is 16.5. The van der Waals surface area contributed by atoms with Crippen molar-refractivity contribution >= 4 is 23.6 Å². The Hall–Kier alpha value is -2.57. The lowest BCUT2D eigenvalue weighted by molar-refractivity contribution is -0.133. The molecule has 1 saturated heterocycles. The lowest BCUT2D eigenvalue weighted by atomic mass is 10.1. The van der Waals surface area contributed by atoms with E-state index in [1.807, 2.05) is 23.1 Å². The van der Waals surface area contributed by atoms with Crippen LogP contribution in [0.5, 0.6) is 0 Å². The largest absolute Gasteiger partial charge is 0.444 e. The molecule has 0 saturated carbocycles. The lowest BCUT2D eigenvalue weighted by Crippen LogP contribution is -2.44. The van der Waals surface area contributed by atoms with Crippen LogP contribution in [0.1, 0.15) is 52.5 Å². The van der Waals surface area contributed by atoms with E-state index in [4.69, 9.17) is 4.74 Å². The van der Waals surface area contributed by atoms with Crippen molar-refractivity contribution in [2.75, 3.05) is 11.9 Å². The molecule has 148 valence electrons. The number of benzene rings is 1. The molecule has 7 heteroatoms. The van der Waals surface area contributed by atoms with Gasteiger partial charge in [-0.15, -0.1) is 0 Å². The molecular weight excluding hydrogens is 346 g/mol. The lowest BCUT2D eigenvalue weighted by Gasteiger charge is -2.27. The van der Waals surface area contributed by atoms with Gasteiger partial charge in [0.25, 0.3) is 0 Å². The van der Waals surface area contributed by atoms with E-state index in [9.17, 15) is 14.4 Å². The molecule has 7 nitrogen and oxygen atoms in total. The molecule has 2 N–H and O–H groups in total. The highest BCUT2D eigenvalue weighted by Gasteiger charge is 2.21. The van der Waals surface area contributed by atoms with Gasteiger partial charge in [-0.25, -0.2) is 4.79 Å². The molecule has 0 radical (unpaired) electrons. The third kappa shape index (κ3) is 6.92. The summed E-state index contributed by atoms with van der Waals surface area (Å²) < 4.78 is 5.15. The first-order valence-electron chi connectivity index (χ1n) is 9.31. The topological polar surface area (TPSA) is 87.7 Å². The van der Waals surface area contributed by atoms with E-state index in [2.05, 4.69) is 10.6 Å². The number of amides is 3. The summed E-state index contributed by atoms with van der Waals surface area (Å²) in [6.07, 6.45) is 1.94. The Labute approximate surface area is 160 Å².